The molecule has 122 valence electrons. The highest BCUT2D eigenvalue weighted by Gasteiger charge is 2.62. The first kappa shape index (κ1) is 14.6. The first-order chi connectivity index (χ1) is 11.5. The third-order valence-electron chi connectivity index (χ3n) is 4.87. The Kier molecular flexibility index (Phi) is 3.06. The average Bonchev–Trinajstić information content (AvgIpc) is 2.87. The van der Waals surface area contributed by atoms with Crippen molar-refractivity contribution in [3.05, 3.63) is 42.0 Å². The first-order valence-electron chi connectivity index (χ1n) is 7.58. The molecule has 1 aliphatic carbocycles. The Morgan fingerprint density at radius 1 is 1.08 bits per heavy atom. The molecule has 1 aromatic carbocycles. The Morgan fingerprint density at radius 3 is 2.42 bits per heavy atom. The van der Waals surface area contributed by atoms with Gasteiger partial charge in [-0.3, -0.25) is 14.4 Å². The zero-order valence-electron chi connectivity index (χ0n) is 12.8. The number of nitrogens with one attached hydrogen (secondary N) is 1. The van der Waals surface area contributed by atoms with E-state index in [1.807, 2.05) is 0 Å². The normalized spacial score (nSPS) is 30.8. The zero-order valence-corrected chi connectivity index (χ0v) is 12.8. The third-order valence-corrected chi connectivity index (χ3v) is 4.87. The maximum Gasteiger partial charge on any atom is 0.335 e. The van der Waals surface area contributed by atoms with Crippen molar-refractivity contribution in [3.8, 4) is 0 Å². The van der Waals surface area contributed by atoms with Crippen LogP contribution in [0.25, 0.3) is 0 Å². The Bertz CT molecular complexity index is 800. The number of esters is 1. The standard InChI is InChI=1S/C17H14N2O5/c1-24-17(23)10-7-9-11-12(13(10)18-14(9)20)16(22)19(15(11)21)8-5-3-2-4-6-8/h2-7,9,11-13H,1H3,(H,18,20)/t9-,11-,12+,13-/m1/s1. The largest absolute Gasteiger partial charge is 0.466 e. The molecule has 2 bridgehead atoms. The number of hydrogen-bond acceptors (Lipinski definition) is 5. The van der Waals surface area contributed by atoms with Gasteiger partial charge in [0.05, 0.1) is 42.2 Å². The Labute approximate surface area is 137 Å². The molecule has 24 heavy (non-hydrogen) atoms. The van der Waals surface area contributed by atoms with E-state index in [4.69, 9.17) is 4.74 Å². The van der Waals surface area contributed by atoms with Gasteiger partial charge in [0.25, 0.3) is 0 Å². The number of amides is 3. The lowest BCUT2D eigenvalue weighted by Crippen LogP contribution is -2.60. The Morgan fingerprint density at radius 2 is 1.75 bits per heavy atom. The molecule has 7 heteroatoms. The topological polar surface area (TPSA) is 92.8 Å². The second kappa shape index (κ2) is 5.02. The summed E-state index contributed by atoms with van der Waals surface area (Å²) in [6.45, 7) is 0. The van der Waals surface area contributed by atoms with Crippen molar-refractivity contribution in [2.45, 2.75) is 6.04 Å². The van der Waals surface area contributed by atoms with E-state index in [1.165, 1.54) is 13.2 Å². The molecule has 3 heterocycles. The second-order valence-corrected chi connectivity index (χ2v) is 6.02. The van der Waals surface area contributed by atoms with E-state index in [0.29, 0.717) is 5.69 Å². The van der Waals surface area contributed by atoms with Gasteiger partial charge < -0.3 is 10.1 Å². The van der Waals surface area contributed by atoms with E-state index in [2.05, 4.69) is 5.32 Å². The fraction of sp³-hybridized carbons (Fsp3) is 0.294. The predicted molar refractivity (Wildman–Crippen MR) is 81.4 cm³/mol. The maximum atomic E-state index is 12.9. The van der Waals surface area contributed by atoms with Crippen LogP contribution in [0, 0.1) is 17.8 Å². The van der Waals surface area contributed by atoms with Gasteiger partial charge in [0.2, 0.25) is 17.7 Å². The molecule has 1 aromatic rings. The van der Waals surface area contributed by atoms with Gasteiger partial charge in [-0.15, -0.1) is 0 Å². The number of hydrogen-bond donors (Lipinski definition) is 1. The predicted octanol–water partition coefficient (Wildman–Crippen LogP) is 0.0198. The third kappa shape index (κ3) is 1.78. The van der Waals surface area contributed by atoms with Crippen molar-refractivity contribution in [1.29, 1.82) is 0 Å². The summed E-state index contributed by atoms with van der Waals surface area (Å²) in [7, 11) is 1.24. The van der Waals surface area contributed by atoms with Crippen LogP contribution in [-0.4, -0.2) is 36.8 Å². The van der Waals surface area contributed by atoms with Gasteiger partial charge in [-0.25, -0.2) is 9.69 Å². The summed E-state index contributed by atoms with van der Waals surface area (Å²) >= 11 is 0. The van der Waals surface area contributed by atoms with Crippen molar-refractivity contribution in [1.82, 2.24) is 5.32 Å². The number of nitrogens with zero attached hydrogens (tertiary/aromatic N) is 1. The molecular formula is C17H14N2O5. The summed E-state index contributed by atoms with van der Waals surface area (Å²) in [5.74, 6) is -4.13. The van der Waals surface area contributed by atoms with Crippen LogP contribution < -0.4 is 10.2 Å². The molecule has 5 rings (SSSR count). The minimum Gasteiger partial charge on any atom is -0.466 e. The smallest absolute Gasteiger partial charge is 0.335 e. The molecular weight excluding hydrogens is 312 g/mol. The lowest BCUT2D eigenvalue weighted by atomic mass is 9.67. The van der Waals surface area contributed by atoms with Crippen molar-refractivity contribution in [3.63, 3.8) is 0 Å². The van der Waals surface area contributed by atoms with E-state index in [-0.39, 0.29) is 11.5 Å². The number of anilines is 1. The molecule has 4 aliphatic rings. The van der Waals surface area contributed by atoms with Gasteiger partial charge in [0, 0.05) is 0 Å². The molecule has 2 fully saturated rings. The summed E-state index contributed by atoms with van der Waals surface area (Å²) < 4.78 is 4.73. The Balaban J connectivity index is 1.79. The highest BCUT2D eigenvalue weighted by atomic mass is 16.5. The van der Waals surface area contributed by atoms with Gasteiger partial charge in [-0.05, 0) is 12.1 Å². The summed E-state index contributed by atoms with van der Waals surface area (Å²) in [6, 6.07) is 7.75. The Hall–Kier alpha value is -2.96. The van der Waals surface area contributed by atoms with Crippen LogP contribution in [0.5, 0.6) is 0 Å². The van der Waals surface area contributed by atoms with Gasteiger partial charge in [0.15, 0.2) is 0 Å². The van der Waals surface area contributed by atoms with Crippen LogP contribution in [0.1, 0.15) is 0 Å². The summed E-state index contributed by atoms with van der Waals surface area (Å²) in [5, 5.41) is 2.67. The van der Waals surface area contributed by atoms with E-state index in [1.54, 1.807) is 30.3 Å². The van der Waals surface area contributed by atoms with Crippen molar-refractivity contribution < 1.29 is 23.9 Å². The molecule has 4 atom stereocenters. The van der Waals surface area contributed by atoms with Gasteiger partial charge >= 0.3 is 5.97 Å². The lowest BCUT2D eigenvalue weighted by Gasteiger charge is -2.40. The maximum absolute atomic E-state index is 12.9. The van der Waals surface area contributed by atoms with Gasteiger partial charge in [-0.1, -0.05) is 24.3 Å². The molecule has 0 unspecified atom stereocenters. The number of carbonyl (C=O) groups is 4. The molecule has 0 radical (unpaired) electrons. The zero-order chi connectivity index (χ0) is 17.0. The highest BCUT2D eigenvalue weighted by Crippen LogP contribution is 2.46. The number of ether oxygens (including phenoxy) is 1. The monoisotopic (exact) mass is 326 g/mol. The molecule has 0 saturated carbocycles. The SMILES string of the molecule is COC(=O)C1=C[C@H]2C(=O)N[C@H]1[C@H]1C(=O)N(c3ccccc3)C(=O)[C@@H]12. The number of imide groups is 1. The molecule has 3 aliphatic heterocycles. The lowest BCUT2D eigenvalue weighted by molar-refractivity contribution is -0.141. The first-order valence-corrected chi connectivity index (χ1v) is 7.58. The van der Waals surface area contributed by atoms with Crippen LogP contribution >= 0.6 is 0 Å². The molecule has 7 nitrogen and oxygen atoms in total. The summed E-state index contributed by atoms with van der Waals surface area (Å²) in [6.07, 6.45) is 1.47. The number of piperidine rings is 1. The fourth-order valence-electron chi connectivity index (χ4n) is 3.84. The van der Waals surface area contributed by atoms with E-state index < -0.39 is 41.6 Å². The number of carbonyl (C=O) groups excluding carboxylic acids is 4. The van der Waals surface area contributed by atoms with Gasteiger partial charge in [0.1, 0.15) is 0 Å². The van der Waals surface area contributed by atoms with Crippen LogP contribution in [0.4, 0.5) is 5.69 Å². The quantitative estimate of drug-likeness (QED) is 0.611. The number of methoxy groups -OCH3 is 1. The molecule has 1 N–H and O–H groups in total. The molecule has 0 spiro atoms. The minimum atomic E-state index is -0.834. The van der Waals surface area contributed by atoms with Gasteiger partial charge in [-0.2, -0.15) is 0 Å². The molecule has 0 aromatic heterocycles. The number of para-hydroxylation sites is 1. The number of benzene rings is 1. The summed E-state index contributed by atoms with van der Waals surface area (Å²) in [5.41, 5.74) is 0.702. The van der Waals surface area contributed by atoms with Crippen LogP contribution in [0.3, 0.4) is 0 Å². The average molecular weight is 326 g/mol. The highest BCUT2D eigenvalue weighted by molar-refractivity contribution is 6.24. The number of rotatable bonds is 2. The second-order valence-electron chi connectivity index (χ2n) is 6.02. The molecule has 3 amide bonds. The van der Waals surface area contributed by atoms with Crippen LogP contribution in [0.2, 0.25) is 0 Å². The van der Waals surface area contributed by atoms with Crippen molar-refractivity contribution >= 4 is 29.4 Å². The molecule has 2 saturated heterocycles. The minimum absolute atomic E-state index is 0.236. The van der Waals surface area contributed by atoms with Crippen LogP contribution in [-0.2, 0) is 23.9 Å². The number of fused-ring (bicyclic) bond motifs is 1. The van der Waals surface area contributed by atoms with Crippen molar-refractivity contribution in [2.75, 3.05) is 12.0 Å². The van der Waals surface area contributed by atoms with Crippen LogP contribution in [0.15, 0.2) is 42.0 Å². The van der Waals surface area contributed by atoms with E-state index in [9.17, 15) is 19.2 Å². The van der Waals surface area contributed by atoms with Crippen molar-refractivity contribution in [2.24, 2.45) is 17.8 Å². The fourth-order valence-corrected chi connectivity index (χ4v) is 3.84. The van der Waals surface area contributed by atoms with E-state index in [0.717, 1.165) is 4.90 Å². The summed E-state index contributed by atoms with van der Waals surface area (Å²) in [4.78, 5) is 50.9. The van der Waals surface area contributed by atoms with E-state index >= 15 is 0 Å².